The fourth-order valence-electron chi connectivity index (χ4n) is 2.24. The van der Waals surface area contributed by atoms with Gasteiger partial charge in [-0.05, 0) is 19.3 Å². The van der Waals surface area contributed by atoms with E-state index in [0.29, 0.717) is 0 Å². The van der Waals surface area contributed by atoms with Crippen LogP contribution in [0.2, 0.25) is 5.31 Å². The highest BCUT2D eigenvalue weighted by Crippen LogP contribution is 2.41. The van der Waals surface area contributed by atoms with E-state index in [2.05, 4.69) is 25.9 Å². The molecule has 1 aliphatic rings. The quantitative estimate of drug-likeness (QED) is 0.549. The Labute approximate surface area is 106 Å². The molecule has 4 heteroatoms. The average Bonchev–Trinajstić information content (AvgIpc) is 2.35. The van der Waals surface area contributed by atoms with Crippen molar-refractivity contribution < 1.29 is 0 Å². The van der Waals surface area contributed by atoms with Gasteiger partial charge in [0.15, 0.2) is 0 Å². The largest absolute Gasteiger partial charge is 0.380 e. The van der Waals surface area contributed by atoms with Gasteiger partial charge in [0.2, 0.25) is 0 Å². The van der Waals surface area contributed by atoms with Gasteiger partial charge in [0.1, 0.15) is 0 Å². The average molecular weight is 236 g/mol. The summed E-state index contributed by atoms with van der Waals surface area (Å²) in [6.45, 7) is 2.14. The standard InChI is InChI=1S/C12H21BN2S/c1-12(13)7-5-6-10(15(4)9-16)11(8-12)14(2)3/h9H,5-8H2,1-4H3. The van der Waals surface area contributed by atoms with Gasteiger partial charge in [-0.15, -0.1) is 0 Å². The van der Waals surface area contributed by atoms with Gasteiger partial charge in [-0.3, -0.25) is 0 Å². The minimum absolute atomic E-state index is 0.0936. The Balaban J connectivity index is 3.07. The lowest BCUT2D eigenvalue weighted by molar-refractivity contribution is 0.430. The van der Waals surface area contributed by atoms with Crippen molar-refractivity contribution in [2.75, 3.05) is 21.1 Å². The topological polar surface area (TPSA) is 6.48 Å². The first-order chi connectivity index (χ1) is 7.37. The van der Waals surface area contributed by atoms with Gasteiger partial charge in [0, 0.05) is 32.5 Å². The van der Waals surface area contributed by atoms with Crippen molar-refractivity contribution in [3.8, 4) is 0 Å². The van der Waals surface area contributed by atoms with Crippen LogP contribution in [0.15, 0.2) is 11.4 Å². The molecule has 0 aromatic rings. The molecule has 0 bridgehead atoms. The molecule has 0 saturated heterocycles. The zero-order valence-electron chi connectivity index (χ0n) is 10.8. The van der Waals surface area contributed by atoms with Crippen LogP contribution in [0.1, 0.15) is 32.6 Å². The maximum absolute atomic E-state index is 6.29. The van der Waals surface area contributed by atoms with Gasteiger partial charge >= 0.3 is 0 Å². The molecule has 1 rings (SSSR count). The first-order valence-electron chi connectivity index (χ1n) is 5.74. The van der Waals surface area contributed by atoms with E-state index in [0.717, 1.165) is 25.7 Å². The molecule has 0 amide bonds. The van der Waals surface area contributed by atoms with Crippen molar-refractivity contribution in [1.29, 1.82) is 0 Å². The molecule has 2 radical (unpaired) electrons. The van der Waals surface area contributed by atoms with E-state index in [9.17, 15) is 0 Å². The summed E-state index contributed by atoms with van der Waals surface area (Å²) in [5.74, 6) is 0. The maximum Gasteiger partial charge on any atom is 0.0747 e. The third-order valence-electron chi connectivity index (χ3n) is 3.19. The van der Waals surface area contributed by atoms with Crippen LogP contribution in [0.3, 0.4) is 0 Å². The molecule has 0 heterocycles. The van der Waals surface area contributed by atoms with E-state index in [1.54, 1.807) is 5.49 Å². The summed E-state index contributed by atoms with van der Waals surface area (Å²) in [7, 11) is 12.5. The van der Waals surface area contributed by atoms with Crippen molar-refractivity contribution in [3.05, 3.63) is 11.4 Å². The molecule has 2 nitrogen and oxygen atoms in total. The van der Waals surface area contributed by atoms with Crippen LogP contribution in [0.5, 0.6) is 0 Å². The van der Waals surface area contributed by atoms with Crippen molar-refractivity contribution in [2.24, 2.45) is 0 Å². The molecule has 0 aromatic carbocycles. The van der Waals surface area contributed by atoms with Crippen molar-refractivity contribution >= 4 is 25.6 Å². The van der Waals surface area contributed by atoms with Crippen LogP contribution in [0.4, 0.5) is 0 Å². The maximum atomic E-state index is 6.29. The number of thiocarbonyl (C=S) groups is 1. The highest BCUT2D eigenvalue weighted by Gasteiger charge is 2.26. The molecule has 0 aromatic heterocycles. The van der Waals surface area contributed by atoms with Crippen LogP contribution in [-0.2, 0) is 0 Å². The zero-order valence-corrected chi connectivity index (χ0v) is 11.6. The molecule has 1 unspecified atom stereocenters. The third-order valence-corrected chi connectivity index (χ3v) is 3.51. The van der Waals surface area contributed by atoms with Gasteiger partial charge in [-0.1, -0.05) is 30.9 Å². The van der Waals surface area contributed by atoms with E-state index in [-0.39, 0.29) is 5.31 Å². The number of allylic oxidation sites excluding steroid dienone is 2. The highest BCUT2D eigenvalue weighted by atomic mass is 32.1. The summed E-state index contributed by atoms with van der Waals surface area (Å²) in [4.78, 5) is 4.22. The van der Waals surface area contributed by atoms with E-state index in [4.69, 9.17) is 20.1 Å². The van der Waals surface area contributed by atoms with Gasteiger partial charge in [-0.25, -0.2) is 0 Å². The predicted octanol–water partition coefficient (Wildman–Crippen LogP) is 2.57. The van der Waals surface area contributed by atoms with E-state index in [1.807, 2.05) is 11.9 Å². The number of hydrogen-bond acceptors (Lipinski definition) is 2. The van der Waals surface area contributed by atoms with Crippen LogP contribution in [0, 0.1) is 0 Å². The Morgan fingerprint density at radius 3 is 2.44 bits per heavy atom. The Morgan fingerprint density at radius 2 is 1.94 bits per heavy atom. The van der Waals surface area contributed by atoms with E-state index in [1.165, 1.54) is 11.4 Å². The number of nitrogens with zero attached hydrogens (tertiary/aromatic N) is 2. The normalized spacial score (nSPS) is 26.2. The monoisotopic (exact) mass is 236 g/mol. The van der Waals surface area contributed by atoms with Gasteiger partial charge in [-0.2, -0.15) is 0 Å². The van der Waals surface area contributed by atoms with Crippen molar-refractivity contribution in [1.82, 2.24) is 9.80 Å². The van der Waals surface area contributed by atoms with Crippen LogP contribution < -0.4 is 0 Å². The second-order valence-corrected chi connectivity index (χ2v) is 5.40. The molecule has 0 spiro atoms. The lowest BCUT2D eigenvalue weighted by Gasteiger charge is -2.30. The fraction of sp³-hybridized carbons (Fsp3) is 0.750. The van der Waals surface area contributed by atoms with E-state index < -0.39 is 0 Å². The van der Waals surface area contributed by atoms with Crippen molar-refractivity contribution in [2.45, 2.75) is 37.9 Å². The summed E-state index contributed by atoms with van der Waals surface area (Å²) < 4.78 is 0. The summed E-state index contributed by atoms with van der Waals surface area (Å²) >= 11 is 5.01. The van der Waals surface area contributed by atoms with E-state index >= 15 is 0 Å². The Bertz CT molecular complexity index is 297. The predicted molar refractivity (Wildman–Crippen MR) is 74.7 cm³/mol. The smallest absolute Gasteiger partial charge is 0.0747 e. The molecule has 88 valence electrons. The van der Waals surface area contributed by atoms with Crippen LogP contribution >= 0.6 is 12.2 Å². The highest BCUT2D eigenvalue weighted by molar-refractivity contribution is 7.78. The van der Waals surface area contributed by atoms with Crippen LogP contribution in [-0.4, -0.2) is 44.3 Å². The summed E-state index contributed by atoms with van der Waals surface area (Å²) in [5, 5.41) is -0.0936. The van der Waals surface area contributed by atoms with Crippen LogP contribution in [0.25, 0.3) is 0 Å². The lowest BCUT2D eigenvalue weighted by Crippen LogP contribution is -2.23. The molecule has 16 heavy (non-hydrogen) atoms. The number of rotatable bonds is 3. The molecular formula is C12H21BN2S. The Hall–Kier alpha value is -0.505. The Morgan fingerprint density at radius 1 is 1.31 bits per heavy atom. The third kappa shape index (κ3) is 3.24. The molecule has 0 aliphatic heterocycles. The molecule has 1 aliphatic carbocycles. The summed E-state index contributed by atoms with van der Waals surface area (Å²) in [5.41, 5.74) is 4.33. The number of hydrogen-bond donors (Lipinski definition) is 0. The van der Waals surface area contributed by atoms with Crippen molar-refractivity contribution in [3.63, 3.8) is 0 Å². The minimum Gasteiger partial charge on any atom is -0.380 e. The zero-order chi connectivity index (χ0) is 12.3. The lowest BCUT2D eigenvalue weighted by atomic mass is 9.65. The molecular weight excluding hydrogens is 215 g/mol. The minimum atomic E-state index is -0.0936. The second kappa shape index (κ2) is 5.22. The molecule has 0 fully saturated rings. The van der Waals surface area contributed by atoms with Gasteiger partial charge in [0.25, 0.3) is 0 Å². The van der Waals surface area contributed by atoms with Gasteiger partial charge < -0.3 is 9.80 Å². The van der Waals surface area contributed by atoms with Gasteiger partial charge in [0.05, 0.1) is 13.3 Å². The second-order valence-electron chi connectivity index (χ2n) is 5.19. The summed E-state index contributed by atoms with van der Waals surface area (Å²) in [6, 6.07) is 0. The first-order valence-corrected chi connectivity index (χ1v) is 6.21. The summed E-state index contributed by atoms with van der Waals surface area (Å²) in [6.07, 6.45) is 4.18. The molecule has 1 atom stereocenters. The Kier molecular flexibility index (Phi) is 4.42. The fourth-order valence-corrected chi connectivity index (χ4v) is 2.36. The first kappa shape index (κ1) is 13.6. The molecule has 0 N–H and O–H groups in total. The SMILES string of the molecule is [B]C1(C)CCCC(N(C)C=S)=C(N(C)C)C1. The molecule has 0 saturated carbocycles.